The topological polar surface area (TPSA) is 56.5 Å². The average molecular weight is 398 g/mol. The molecule has 0 spiro atoms. The number of Topliss-reactive ketones (excluding diaryl/α,β-unsaturated/α-hetero) is 1. The van der Waals surface area contributed by atoms with E-state index < -0.39 is 0 Å². The van der Waals surface area contributed by atoms with Crippen molar-refractivity contribution in [1.82, 2.24) is 0 Å². The monoisotopic (exact) mass is 398 g/mol. The highest BCUT2D eigenvalue weighted by atomic mass is 16.5. The van der Waals surface area contributed by atoms with E-state index in [1.54, 1.807) is 6.07 Å². The highest BCUT2D eigenvalue weighted by Crippen LogP contribution is 2.28. The predicted molar refractivity (Wildman–Crippen MR) is 118 cm³/mol. The van der Waals surface area contributed by atoms with E-state index in [0.29, 0.717) is 16.9 Å². The third-order valence-electron chi connectivity index (χ3n) is 5.89. The summed E-state index contributed by atoms with van der Waals surface area (Å²) < 4.78 is 11.3. The molecule has 5 rings (SSSR count). The van der Waals surface area contributed by atoms with Crippen molar-refractivity contribution in [2.45, 2.75) is 32.1 Å². The molecular formula is C26H22O4. The zero-order valence-corrected chi connectivity index (χ0v) is 16.6. The van der Waals surface area contributed by atoms with Crippen molar-refractivity contribution in [2.24, 2.45) is 0 Å². The molecule has 1 aliphatic carbocycles. The smallest absolute Gasteiger partial charge is 0.339 e. The van der Waals surface area contributed by atoms with Gasteiger partial charge in [-0.05, 0) is 60.2 Å². The van der Waals surface area contributed by atoms with Crippen LogP contribution in [0, 0.1) is 0 Å². The van der Waals surface area contributed by atoms with Crippen molar-refractivity contribution in [1.29, 1.82) is 0 Å². The third-order valence-corrected chi connectivity index (χ3v) is 5.89. The fraction of sp³-hybridized carbons (Fsp3) is 0.231. The minimum Gasteiger partial charge on any atom is -0.485 e. The second-order valence-electron chi connectivity index (χ2n) is 7.84. The Morgan fingerprint density at radius 1 is 0.867 bits per heavy atom. The zero-order chi connectivity index (χ0) is 20.5. The highest BCUT2D eigenvalue weighted by molar-refractivity contribution is 6.00. The Balaban J connectivity index is 1.38. The summed E-state index contributed by atoms with van der Waals surface area (Å²) in [5.74, 6) is 0.428. The molecule has 4 aromatic rings. The quantitative estimate of drug-likeness (QED) is 0.260. The van der Waals surface area contributed by atoms with Gasteiger partial charge in [-0.25, -0.2) is 4.79 Å². The first-order valence-corrected chi connectivity index (χ1v) is 10.4. The van der Waals surface area contributed by atoms with Crippen LogP contribution in [0.15, 0.2) is 69.9 Å². The molecule has 0 atom stereocenters. The molecule has 30 heavy (non-hydrogen) atoms. The van der Waals surface area contributed by atoms with Gasteiger partial charge in [-0.3, -0.25) is 4.79 Å². The number of hydrogen-bond acceptors (Lipinski definition) is 4. The predicted octanol–water partition coefficient (Wildman–Crippen LogP) is 5.48. The molecule has 0 unspecified atom stereocenters. The lowest BCUT2D eigenvalue weighted by molar-refractivity contribution is 0.0921. The molecule has 1 aromatic heterocycles. The van der Waals surface area contributed by atoms with Crippen LogP contribution in [0.2, 0.25) is 0 Å². The second-order valence-corrected chi connectivity index (χ2v) is 7.84. The zero-order valence-electron chi connectivity index (χ0n) is 16.6. The Bertz CT molecular complexity index is 1320. The van der Waals surface area contributed by atoms with E-state index in [1.165, 1.54) is 0 Å². The van der Waals surface area contributed by atoms with Crippen molar-refractivity contribution in [2.75, 3.05) is 6.61 Å². The van der Waals surface area contributed by atoms with Crippen LogP contribution in [-0.4, -0.2) is 12.4 Å². The van der Waals surface area contributed by atoms with Gasteiger partial charge in [0.1, 0.15) is 11.3 Å². The second kappa shape index (κ2) is 7.79. The largest absolute Gasteiger partial charge is 0.485 e. The summed E-state index contributed by atoms with van der Waals surface area (Å²) in [7, 11) is 0. The molecule has 4 nitrogen and oxygen atoms in total. The van der Waals surface area contributed by atoms with E-state index in [2.05, 4.69) is 0 Å². The lowest BCUT2D eigenvalue weighted by atomic mass is 10.0. The summed E-state index contributed by atoms with van der Waals surface area (Å²) in [6.45, 7) is -0.0704. The van der Waals surface area contributed by atoms with Gasteiger partial charge < -0.3 is 9.15 Å². The van der Waals surface area contributed by atoms with E-state index in [9.17, 15) is 9.59 Å². The van der Waals surface area contributed by atoms with Crippen LogP contribution >= 0.6 is 0 Å². The van der Waals surface area contributed by atoms with E-state index in [4.69, 9.17) is 9.15 Å². The molecule has 1 aliphatic rings. The molecule has 0 amide bonds. The summed E-state index contributed by atoms with van der Waals surface area (Å²) in [4.78, 5) is 25.0. The van der Waals surface area contributed by atoms with E-state index in [0.717, 1.165) is 59.4 Å². The summed E-state index contributed by atoms with van der Waals surface area (Å²) in [5.41, 5.74) is 2.82. The van der Waals surface area contributed by atoms with Gasteiger partial charge in [0.2, 0.25) is 0 Å². The number of fused-ring (bicyclic) bond motifs is 4. The Labute approximate surface area is 174 Å². The average Bonchev–Trinajstić information content (AvgIpc) is 3.04. The molecule has 0 bridgehead atoms. The van der Waals surface area contributed by atoms with Gasteiger partial charge in [0, 0.05) is 22.6 Å². The number of rotatable bonds is 4. The summed E-state index contributed by atoms with van der Waals surface area (Å²) >= 11 is 0. The minimum absolute atomic E-state index is 0.0704. The van der Waals surface area contributed by atoms with Gasteiger partial charge in [-0.2, -0.15) is 0 Å². The summed E-state index contributed by atoms with van der Waals surface area (Å²) in [5, 5.41) is 3.09. The van der Waals surface area contributed by atoms with Crippen LogP contribution in [0.3, 0.4) is 0 Å². The third kappa shape index (κ3) is 3.50. The molecule has 0 saturated heterocycles. The van der Waals surface area contributed by atoms with Crippen LogP contribution in [0.25, 0.3) is 21.7 Å². The number of carbonyl (C=O) groups excluding carboxylic acids is 1. The van der Waals surface area contributed by atoms with E-state index >= 15 is 0 Å². The molecule has 0 saturated carbocycles. The summed E-state index contributed by atoms with van der Waals surface area (Å²) in [6.07, 6.45) is 4.93. The molecular weight excluding hydrogens is 376 g/mol. The Morgan fingerprint density at radius 3 is 2.53 bits per heavy atom. The van der Waals surface area contributed by atoms with Crippen molar-refractivity contribution in [3.8, 4) is 5.75 Å². The van der Waals surface area contributed by atoms with Crippen molar-refractivity contribution < 1.29 is 13.9 Å². The van der Waals surface area contributed by atoms with Gasteiger partial charge in [-0.1, -0.05) is 42.8 Å². The summed E-state index contributed by atoms with van der Waals surface area (Å²) in [6, 6.07) is 19.1. The Morgan fingerprint density at radius 2 is 1.67 bits per heavy atom. The fourth-order valence-electron chi connectivity index (χ4n) is 4.29. The number of benzene rings is 3. The van der Waals surface area contributed by atoms with Crippen molar-refractivity contribution >= 4 is 27.5 Å². The Kier molecular flexibility index (Phi) is 4.83. The maximum absolute atomic E-state index is 12.6. The minimum atomic E-state index is -0.246. The van der Waals surface area contributed by atoms with Crippen molar-refractivity contribution in [3.63, 3.8) is 0 Å². The molecule has 150 valence electrons. The molecule has 0 N–H and O–H groups in total. The van der Waals surface area contributed by atoms with Crippen LogP contribution in [0.1, 0.15) is 40.7 Å². The van der Waals surface area contributed by atoms with Crippen molar-refractivity contribution in [3.05, 3.63) is 87.8 Å². The highest BCUT2D eigenvalue weighted by Gasteiger charge is 2.17. The number of carbonyl (C=O) groups is 1. The number of hydrogen-bond donors (Lipinski definition) is 0. The molecule has 0 aliphatic heterocycles. The maximum atomic E-state index is 12.6. The van der Waals surface area contributed by atoms with Crippen LogP contribution < -0.4 is 10.4 Å². The lowest BCUT2D eigenvalue weighted by Crippen LogP contribution is -2.12. The normalized spacial score (nSPS) is 13.7. The van der Waals surface area contributed by atoms with Crippen LogP contribution in [0.4, 0.5) is 0 Å². The van der Waals surface area contributed by atoms with Gasteiger partial charge in [0.25, 0.3) is 0 Å². The SMILES string of the molecule is O=C(COc1ccc2c3c(c(=O)oc2c1)CCCCC3)c1ccc2ccccc2c1. The van der Waals surface area contributed by atoms with Gasteiger partial charge in [-0.15, -0.1) is 0 Å². The van der Waals surface area contributed by atoms with Crippen LogP contribution in [-0.2, 0) is 12.8 Å². The van der Waals surface area contributed by atoms with E-state index in [1.807, 2.05) is 54.6 Å². The van der Waals surface area contributed by atoms with Gasteiger partial charge in [0.05, 0.1) is 0 Å². The first-order chi connectivity index (χ1) is 14.7. The maximum Gasteiger partial charge on any atom is 0.339 e. The first kappa shape index (κ1) is 18.6. The first-order valence-electron chi connectivity index (χ1n) is 10.4. The Hall–Kier alpha value is -3.40. The molecule has 4 heteroatoms. The lowest BCUT2D eigenvalue weighted by Gasteiger charge is -2.10. The van der Waals surface area contributed by atoms with Gasteiger partial charge >= 0.3 is 5.63 Å². The molecule has 0 radical (unpaired) electrons. The van der Waals surface area contributed by atoms with Crippen LogP contribution in [0.5, 0.6) is 5.75 Å². The number of ether oxygens (including phenoxy) is 1. The molecule has 0 fully saturated rings. The molecule has 1 heterocycles. The van der Waals surface area contributed by atoms with Gasteiger partial charge in [0.15, 0.2) is 12.4 Å². The fourth-order valence-corrected chi connectivity index (χ4v) is 4.29. The standard InChI is InChI=1S/C26H22O4/c27-24(19-11-10-17-6-4-5-7-18(17)14-19)16-29-20-12-13-22-21-8-2-1-3-9-23(21)26(28)30-25(22)15-20/h4-7,10-15H,1-3,8-9,16H2. The number of aryl methyl sites for hydroxylation is 1. The van der Waals surface area contributed by atoms with E-state index in [-0.39, 0.29) is 18.0 Å². The number of ketones is 1. The molecule has 3 aromatic carbocycles.